The van der Waals surface area contributed by atoms with Crippen LogP contribution in [0.15, 0.2) is 0 Å². The number of aliphatic hydroxyl groups excluding tert-OH is 1. The van der Waals surface area contributed by atoms with Gasteiger partial charge in [0.15, 0.2) is 0 Å². The predicted octanol–water partition coefficient (Wildman–Crippen LogP) is -1.09. The number of hydrogen-bond donors (Lipinski definition) is 2. The van der Waals surface area contributed by atoms with Crippen LogP contribution in [0.2, 0.25) is 0 Å². The Kier molecular flexibility index (Phi) is 4.28. The quantitative estimate of drug-likeness (QED) is 0.649. The van der Waals surface area contributed by atoms with Gasteiger partial charge in [-0.3, -0.25) is 4.79 Å². The Morgan fingerprint density at radius 3 is 2.56 bits per heavy atom. The number of carbonyl (C=O) groups is 1. The minimum Gasteiger partial charge on any atom is -0.389 e. The lowest BCUT2D eigenvalue weighted by molar-refractivity contribution is -0.142. The van der Waals surface area contributed by atoms with E-state index in [2.05, 4.69) is 4.72 Å². The lowest BCUT2D eigenvalue weighted by atomic mass is 10.1. The molecular formula is C9H18N2O4S. The maximum atomic E-state index is 11.6. The average molecular weight is 250 g/mol. The van der Waals surface area contributed by atoms with Crippen LogP contribution in [0.5, 0.6) is 0 Å². The number of nitrogens with one attached hydrogen (secondary N) is 1. The highest BCUT2D eigenvalue weighted by atomic mass is 32.2. The average Bonchev–Trinajstić information content (AvgIpc) is 2.10. The van der Waals surface area contributed by atoms with Gasteiger partial charge in [0.1, 0.15) is 0 Å². The van der Waals surface area contributed by atoms with Crippen molar-refractivity contribution in [3.63, 3.8) is 0 Å². The van der Waals surface area contributed by atoms with Gasteiger partial charge in [-0.2, -0.15) is 0 Å². The summed E-state index contributed by atoms with van der Waals surface area (Å²) in [4.78, 5) is 13.1. The molecule has 1 fully saturated rings. The Balaban J connectivity index is 2.46. The van der Waals surface area contributed by atoms with Crippen molar-refractivity contribution in [1.29, 1.82) is 0 Å². The van der Waals surface area contributed by atoms with Crippen molar-refractivity contribution < 1.29 is 18.3 Å². The van der Waals surface area contributed by atoms with Gasteiger partial charge in [-0.05, 0) is 13.3 Å². The summed E-state index contributed by atoms with van der Waals surface area (Å²) in [6.07, 6.45) is 0.0435. The molecule has 94 valence electrons. The van der Waals surface area contributed by atoms with Crippen LogP contribution in [-0.2, 0) is 14.8 Å². The van der Waals surface area contributed by atoms with Crippen LogP contribution in [-0.4, -0.2) is 55.3 Å². The minimum absolute atomic E-state index is 0.0211. The lowest BCUT2D eigenvalue weighted by Crippen LogP contribution is -2.58. The van der Waals surface area contributed by atoms with Crippen molar-refractivity contribution >= 4 is 15.9 Å². The van der Waals surface area contributed by atoms with Crippen LogP contribution in [0.1, 0.15) is 20.3 Å². The fourth-order valence-electron chi connectivity index (χ4n) is 1.56. The van der Waals surface area contributed by atoms with Crippen LogP contribution >= 0.6 is 0 Å². The first-order valence-corrected chi connectivity index (χ1v) is 6.98. The van der Waals surface area contributed by atoms with Gasteiger partial charge >= 0.3 is 0 Å². The summed E-state index contributed by atoms with van der Waals surface area (Å²) < 4.78 is 25.1. The van der Waals surface area contributed by atoms with Gasteiger partial charge in [0, 0.05) is 13.1 Å². The zero-order valence-electron chi connectivity index (χ0n) is 9.51. The molecule has 1 unspecified atom stereocenters. The third-order valence-electron chi connectivity index (χ3n) is 2.37. The SMILES string of the molecule is CCCS(=O)(=O)NC(C)C(=O)N1CC(O)C1. The fourth-order valence-corrected chi connectivity index (χ4v) is 2.85. The summed E-state index contributed by atoms with van der Waals surface area (Å²) in [5.74, 6) is -0.266. The van der Waals surface area contributed by atoms with E-state index in [4.69, 9.17) is 5.11 Å². The smallest absolute Gasteiger partial charge is 0.240 e. The molecule has 1 aliphatic heterocycles. The van der Waals surface area contributed by atoms with Gasteiger partial charge in [-0.15, -0.1) is 0 Å². The molecule has 0 aliphatic carbocycles. The molecule has 0 spiro atoms. The van der Waals surface area contributed by atoms with E-state index >= 15 is 0 Å². The van der Waals surface area contributed by atoms with Crippen LogP contribution in [0.3, 0.4) is 0 Å². The molecule has 0 aromatic heterocycles. The Morgan fingerprint density at radius 1 is 1.56 bits per heavy atom. The van der Waals surface area contributed by atoms with Gasteiger partial charge < -0.3 is 10.0 Å². The molecule has 0 aromatic rings. The molecule has 2 N–H and O–H groups in total. The molecule has 1 atom stereocenters. The van der Waals surface area contributed by atoms with E-state index in [0.717, 1.165) is 0 Å². The van der Waals surface area contributed by atoms with E-state index in [1.165, 1.54) is 11.8 Å². The molecule has 0 aromatic carbocycles. The summed E-state index contributed by atoms with van der Waals surface area (Å²) in [7, 11) is -3.37. The van der Waals surface area contributed by atoms with Crippen molar-refractivity contribution in [3.8, 4) is 0 Å². The number of aliphatic hydroxyl groups is 1. The highest BCUT2D eigenvalue weighted by Gasteiger charge is 2.32. The first-order valence-electron chi connectivity index (χ1n) is 5.32. The second kappa shape index (κ2) is 5.11. The molecule has 1 amide bonds. The third-order valence-corrected chi connectivity index (χ3v) is 4.03. The Labute approximate surface area is 95.7 Å². The highest BCUT2D eigenvalue weighted by Crippen LogP contribution is 2.09. The number of sulfonamides is 1. The number of hydrogen-bond acceptors (Lipinski definition) is 4. The second-order valence-electron chi connectivity index (χ2n) is 4.06. The Bertz CT molecular complexity index is 349. The van der Waals surface area contributed by atoms with Gasteiger partial charge in [0.2, 0.25) is 15.9 Å². The standard InChI is InChI=1S/C9H18N2O4S/c1-3-4-16(14,15)10-7(2)9(13)11-5-8(12)6-11/h7-8,10,12H,3-6H2,1-2H3. The first-order chi connectivity index (χ1) is 7.35. The molecule has 16 heavy (non-hydrogen) atoms. The fraction of sp³-hybridized carbons (Fsp3) is 0.889. The number of carbonyl (C=O) groups excluding carboxylic acids is 1. The minimum atomic E-state index is -3.37. The zero-order chi connectivity index (χ0) is 12.3. The van der Waals surface area contributed by atoms with Crippen LogP contribution in [0, 0.1) is 0 Å². The summed E-state index contributed by atoms with van der Waals surface area (Å²) in [6.45, 7) is 3.86. The van der Waals surface area contributed by atoms with Gasteiger partial charge in [0.05, 0.1) is 17.9 Å². The molecule has 1 heterocycles. The third kappa shape index (κ3) is 3.43. The Morgan fingerprint density at radius 2 is 2.12 bits per heavy atom. The van der Waals surface area contributed by atoms with Crippen LogP contribution < -0.4 is 4.72 Å². The number of nitrogens with zero attached hydrogens (tertiary/aromatic N) is 1. The molecule has 0 radical (unpaired) electrons. The molecular weight excluding hydrogens is 232 g/mol. The zero-order valence-corrected chi connectivity index (χ0v) is 10.3. The topological polar surface area (TPSA) is 86.7 Å². The van der Waals surface area contributed by atoms with Crippen LogP contribution in [0.4, 0.5) is 0 Å². The second-order valence-corrected chi connectivity index (χ2v) is 5.93. The summed E-state index contributed by atoms with van der Waals surface area (Å²) in [5, 5.41) is 9.03. The first kappa shape index (κ1) is 13.4. The molecule has 0 bridgehead atoms. The van der Waals surface area contributed by atoms with E-state index in [1.54, 1.807) is 6.92 Å². The van der Waals surface area contributed by atoms with Crippen molar-refractivity contribution in [2.24, 2.45) is 0 Å². The van der Waals surface area contributed by atoms with E-state index in [-0.39, 0.29) is 11.7 Å². The highest BCUT2D eigenvalue weighted by molar-refractivity contribution is 7.89. The van der Waals surface area contributed by atoms with E-state index in [0.29, 0.717) is 19.5 Å². The number of β-amino-alcohol motifs (C(OH)–C–C–N with tert-alkyl or cyclic N) is 1. The van der Waals surface area contributed by atoms with E-state index < -0.39 is 22.2 Å². The van der Waals surface area contributed by atoms with Gasteiger partial charge in [-0.1, -0.05) is 6.92 Å². The predicted molar refractivity (Wildman–Crippen MR) is 59.3 cm³/mol. The van der Waals surface area contributed by atoms with Gasteiger partial charge in [-0.25, -0.2) is 13.1 Å². The monoisotopic (exact) mass is 250 g/mol. The van der Waals surface area contributed by atoms with Crippen molar-refractivity contribution in [1.82, 2.24) is 9.62 Å². The van der Waals surface area contributed by atoms with Crippen molar-refractivity contribution in [2.75, 3.05) is 18.8 Å². The number of rotatable bonds is 5. The Hall–Kier alpha value is -0.660. The number of likely N-dealkylation sites (tertiary alicyclic amines) is 1. The molecule has 1 saturated heterocycles. The molecule has 1 aliphatic rings. The summed E-state index contributed by atoms with van der Waals surface area (Å²) in [5.41, 5.74) is 0. The molecule has 7 heteroatoms. The molecule has 1 rings (SSSR count). The molecule has 0 saturated carbocycles. The van der Waals surface area contributed by atoms with Gasteiger partial charge in [0.25, 0.3) is 0 Å². The number of amides is 1. The van der Waals surface area contributed by atoms with Crippen molar-refractivity contribution in [2.45, 2.75) is 32.4 Å². The normalized spacial score (nSPS) is 19.3. The summed E-state index contributed by atoms with van der Waals surface area (Å²) in [6, 6.07) is -0.760. The lowest BCUT2D eigenvalue weighted by Gasteiger charge is -2.37. The van der Waals surface area contributed by atoms with Crippen molar-refractivity contribution in [3.05, 3.63) is 0 Å². The summed E-state index contributed by atoms with van der Waals surface area (Å²) >= 11 is 0. The van der Waals surface area contributed by atoms with Crippen LogP contribution in [0.25, 0.3) is 0 Å². The van der Waals surface area contributed by atoms with E-state index in [1.807, 2.05) is 0 Å². The molecule has 6 nitrogen and oxygen atoms in total. The largest absolute Gasteiger partial charge is 0.389 e. The maximum absolute atomic E-state index is 11.6. The van der Waals surface area contributed by atoms with E-state index in [9.17, 15) is 13.2 Å². The maximum Gasteiger partial charge on any atom is 0.240 e.